The lowest BCUT2D eigenvalue weighted by molar-refractivity contribution is -0.117. The lowest BCUT2D eigenvalue weighted by Gasteiger charge is -2.19. The van der Waals surface area contributed by atoms with Crippen molar-refractivity contribution < 1.29 is 14.1 Å². The first-order valence-corrected chi connectivity index (χ1v) is 10.4. The highest BCUT2D eigenvalue weighted by atomic mass is 16.5. The largest absolute Gasteiger partial charge is 0.493 e. The third-order valence-electron chi connectivity index (χ3n) is 5.48. The first kappa shape index (κ1) is 20.1. The number of anilines is 1. The molecular weight excluding hydrogens is 378 g/mol. The summed E-state index contributed by atoms with van der Waals surface area (Å²) in [5.41, 5.74) is 4.11. The molecule has 4 rings (SSSR count). The molecular formula is C24H27N3O3. The number of aryl methyl sites for hydroxylation is 1. The van der Waals surface area contributed by atoms with E-state index in [1.807, 2.05) is 48.2 Å². The number of hydrogen-bond donors (Lipinski definition) is 0. The summed E-state index contributed by atoms with van der Waals surface area (Å²) in [6.07, 6.45) is 0.372. The number of carbonyl (C=O) groups excluding carboxylic acids is 1. The Bertz CT molecular complexity index is 1040. The maximum absolute atomic E-state index is 12.7. The molecule has 1 saturated heterocycles. The minimum atomic E-state index is -0.104. The van der Waals surface area contributed by atoms with Gasteiger partial charge in [-0.05, 0) is 61.2 Å². The molecule has 0 spiro atoms. The van der Waals surface area contributed by atoms with Crippen molar-refractivity contribution in [3.8, 4) is 17.1 Å². The van der Waals surface area contributed by atoms with Crippen LogP contribution in [0.5, 0.6) is 5.75 Å². The second-order valence-corrected chi connectivity index (χ2v) is 8.31. The molecule has 156 valence electrons. The van der Waals surface area contributed by atoms with E-state index in [4.69, 9.17) is 9.26 Å². The summed E-state index contributed by atoms with van der Waals surface area (Å²) in [7, 11) is 0. The average molecular weight is 405 g/mol. The van der Waals surface area contributed by atoms with Crippen LogP contribution in [0.25, 0.3) is 11.4 Å². The number of ether oxygens (including phenoxy) is 1. The maximum Gasteiger partial charge on any atom is 0.232 e. The fourth-order valence-electron chi connectivity index (χ4n) is 3.62. The highest BCUT2D eigenvalue weighted by molar-refractivity contribution is 5.97. The van der Waals surface area contributed by atoms with Crippen molar-refractivity contribution in [3.63, 3.8) is 0 Å². The lowest BCUT2D eigenvalue weighted by Crippen LogP contribution is -2.25. The molecule has 0 bridgehead atoms. The Hall–Kier alpha value is -3.15. The molecule has 1 unspecified atom stereocenters. The van der Waals surface area contributed by atoms with Crippen LogP contribution in [0.1, 0.15) is 43.2 Å². The third kappa shape index (κ3) is 4.08. The summed E-state index contributed by atoms with van der Waals surface area (Å²) < 4.78 is 11.2. The minimum absolute atomic E-state index is 0.0834. The number of amides is 1. The number of hydrogen-bond acceptors (Lipinski definition) is 5. The van der Waals surface area contributed by atoms with E-state index in [1.165, 1.54) is 5.56 Å². The number of nitrogens with zero attached hydrogens (tertiary/aromatic N) is 3. The highest BCUT2D eigenvalue weighted by Crippen LogP contribution is 2.34. The predicted molar refractivity (Wildman–Crippen MR) is 116 cm³/mol. The van der Waals surface area contributed by atoms with Gasteiger partial charge in [-0.25, -0.2) is 0 Å². The average Bonchev–Trinajstić information content (AvgIpc) is 3.36. The van der Waals surface area contributed by atoms with Crippen LogP contribution in [0.4, 0.5) is 5.69 Å². The number of rotatable bonds is 6. The minimum Gasteiger partial charge on any atom is -0.493 e. The van der Waals surface area contributed by atoms with Gasteiger partial charge in [-0.15, -0.1) is 0 Å². The molecule has 30 heavy (non-hydrogen) atoms. The molecule has 1 aliphatic heterocycles. The van der Waals surface area contributed by atoms with Crippen LogP contribution >= 0.6 is 0 Å². The molecule has 1 aliphatic rings. The van der Waals surface area contributed by atoms with Crippen molar-refractivity contribution in [2.75, 3.05) is 18.1 Å². The zero-order chi connectivity index (χ0) is 21.3. The fourth-order valence-corrected chi connectivity index (χ4v) is 3.62. The number of aromatic nitrogens is 2. The fraction of sp³-hybridized carbons (Fsp3) is 0.375. The molecule has 1 aromatic heterocycles. The van der Waals surface area contributed by atoms with E-state index in [9.17, 15) is 4.79 Å². The van der Waals surface area contributed by atoms with Gasteiger partial charge in [0.25, 0.3) is 0 Å². The summed E-state index contributed by atoms with van der Waals surface area (Å²) in [6, 6.07) is 13.7. The van der Waals surface area contributed by atoms with Gasteiger partial charge in [-0.3, -0.25) is 4.79 Å². The molecule has 6 nitrogen and oxygen atoms in total. The van der Waals surface area contributed by atoms with E-state index >= 15 is 0 Å². The van der Waals surface area contributed by atoms with Gasteiger partial charge in [-0.2, -0.15) is 4.98 Å². The Morgan fingerprint density at radius 2 is 1.93 bits per heavy atom. The van der Waals surface area contributed by atoms with Crippen LogP contribution in [-0.4, -0.2) is 29.2 Å². The van der Waals surface area contributed by atoms with Crippen LogP contribution in [-0.2, 0) is 4.79 Å². The number of benzene rings is 2. The molecule has 0 aliphatic carbocycles. The second kappa shape index (κ2) is 8.30. The monoisotopic (exact) mass is 405 g/mol. The number of carbonyl (C=O) groups is 1. The van der Waals surface area contributed by atoms with E-state index < -0.39 is 0 Å². The second-order valence-electron chi connectivity index (χ2n) is 8.31. The Morgan fingerprint density at radius 1 is 1.17 bits per heavy atom. The van der Waals surface area contributed by atoms with Gasteiger partial charge in [-0.1, -0.05) is 31.1 Å². The molecule has 2 heterocycles. The van der Waals surface area contributed by atoms with Crippen molar-refractivity contribution in [3.05, 3.63) is 59.5 Å². The quantitative estimate of drug-likeness (QED) is 0.583. The van der Waals surface area contributed by atoms with Crippen LogP contribution in [0.2, 0.25) is 0 Å². The zero-order valence-electron chi connectivity index (χ0n) is 17.9. The van der Waals surface area contributed by atoms with Gasteiger partial charge in [0.1, 0.15) is 5.75 Å². The molecule has 1 fully saturated rings. The van der Waals surface area contributed by atoms with E-state index in [0.29, 0.717) is 37.2 Å². The first-order valence-electron chi connectivity index (χ1n) is 10.4. The van der Waals surface area contributed by atoms with Gasteiger partial charge in [0, 0.05) is 24.2 Å². The first-order chi connectivity index (χ1) is 14.4. The SMILES string of the molecule is Cc1cccc(N2CC(c3nc(-c4ccc(OCC(C)C)cc4)no3)CC2=O)c1C. The molecule has 0 saturated carbocycles. The summed E-state index contributed by atoms with van der Waals surface area (Å²) >= 11 is 0. The molecule has 0 N–H and O–H groups in total. The lowest BCUT2D eigenvalue weighted by atomic mass is 10.1. The standard InChI is InChI=1S/C24H27N3O3/c1-15(2)14-29-20-10-8-18(9-11-20)23-25-24(30-26-23)19-12-22(28)27(13-19)21-7-5-6-16(3)17(21)4/h5-11,15,19H,12-14H2,1-4H3. The van der Waals surface area contributed by atoms with E-state index in [1.54, 1.807) is 0 Å². The van der Waals surface area contributed by atoms with E-state index in [-0.39, 0.29) is 11.8 Å². The Labute approximate surface area is 176 Å². The van der Waals surface area contributed by atoms with Gasteiger partial charge in [0.05, 0.1) is 12.5 Å². The molecule has 0 radical (unpaired) electrons. The summed E-state index contributed by atoms with van der Waals surface area (Å²) in [5, 5.41) is 4.13. The van der Waals surface area contributed by atoms with E-state index in [2.05, 4.69) is 37.0 Å². The van der Waals surface area contributed by atoms with Gasteiger partial charge < -0.3 is 14.2 Å². The van der Waals surface area contributed by atoms with Crippen molar-refractivity contribution in [1.29, 1.82) is 0 Å². The summed E-state index contributed by atoms with van der Waals surface area (Å²) in [4.78, 5) is 19.1. The molecule has 1 atom stereocenters. The predicted octanol–water partition coefficient (Wildman–Crippen LogP) is 4.91. The van der Waals surface area contributed by atoms with Crippen molar-refractivity contribution in [2.24, 2.45) is 5.92 Å². The Balaban J connectivity index is 1.48. The highest BCUT2D eigenvalue weighted by Gasteiger charge is 2.35. The smallest absolute Gasteiger partial charge is 0.232 e. The van der Waals surface area contributed by atoms with Crippen LogP contribution < -0.4 is 9.64 Å². The molecule has 2 aromatic carbocycles. The van der Waals surface area contributed by atoms with Gasteiger partial charge in [0.15, 0.2) is 0 Å². The summed E-state index contributed by atoms with van der Waals surface area (Å²) in [6.45, 7) is 9.56. The molecule has 1 amide bonds. The molecule has 6 heteroatoms. The zero-order valence-corrected chi connectivity index (χ0v) is 17.9. The normalized spacial score (nSPS) is 16.5. The topological polar surface area (TPSA) is 68.5 Å². The Kier molecular flexibility index (Phi) is 5.57. The van der Waals surface area contributed by atoms with E-state index in [0.717, 1.165) is 22.6 Å². The van der Waals surface area contributed by atoms with Crippen molar-refractivity contribution in [2.45, 2.75) is 40.0 Å². The van der Waals surface area contributed by atoms with Crippen LogP contribution in [0.3, 0.4) is 0 Å². The molecule has 3 aromatic rings. The van der Waals surface area contributed by atoms with Crippen molar-refractivity contribution in [1.82, 2.24) is 10.1 Å². The van der Waals surface area contributed by atoms with Crippen molar-refractivity contribution >= 4 is 11.6 Å². The summed E-state index contributed by atoms with van der Waals surface area (Å²) in [5.74, 6) is 2.31. The van der Waals surface area contributed by atoms with Gasteiger partial charge >= 0.3 is 0 Å². The Morgan fingerprint density at radius 3 is 2.67 bits per heavy atom. The van der Waals surface area contributed by atoms with Gasteiger partial charge in [0.2, 0.25) is 17.6 Å². The van der Waals surface area contributed by atoms with Crippen LogP contribution in [0, 0.1) is 19.8 Å². The van der Waals surface area contributed by atoms with Crippen LogP contribution in [0.15, 0.2) is 47.0 Å². The third-order valence-corrected chi connectivity index (χ3v) is 5.48. The maximum atomic E-state index is 12.7.